The molecule has 1 fully saturated rings. The first-order valence-corrected chi connectivity index (χ1v) is 6.28. The van der Waals surface area contributed by atoms with Gasteiger partial charge in [0.2, 0.25) is 5.88 Å². The fraction of sp³-hybridized carbons (Fsp3) is 0.500. The molecule has 0 saturated carbocycles. The second kappa shape index (κ2) is 4.15. The Hall–Kier alpha value is -1.35. The van der Waals surface area contributed by atoms with E-state index in [1.54, 1.807) is 7.11 Å². The highest BCUT2D eigenvalue weighted by Gasteiger charge is 2.38. The number of fused-ring (bicyclic) bond motifs is 2. The number of rotatable bonds is 3. The zero-order chi connectivity index (χ0) is 11.8. The summed E-state index contributed by atoms with van der Waals surface area (Å²) >= 11 is 0. The molecule has 0 N–H and O–H groups in total. The topological polar surface area (TPSA) is 25.4 Å². The van der Waals surface area contributed by atoms with Gasteiger partial charge in [-0.2, -0.15) is 0 Å². The minimum Gasteiger partial charge on any atom is -0.481 e. The lowest BCUT2D eigenvalue weighted by atomic mass is 10.0. The van der Waals surface area contributed by atoms with Crippen LogP contribution in [0.1, 0.15) is 18.9 Å². The van der Waals surface area contributed by atoms with Crippen LogP contribution in [0, 0.1) is 5.92 Å². The fourth-order valence-corrected chi connectivity index (χ4v) is 3.09. The van der Waals surface area contributed by atoms with Crippen molar-refractivity contribution in [1.29, 1.82) is 0 Å². The third kappa shape index (κ3) is 1.75. The lowest BCUT2D eigenvalue weighted by Gasteiger charge is -2.27. The van der Waals surface area contributed by atoms with E-state index in [-0.39, 0.29) is 0 Å². The number of ether oxygens (including phenoxy) is 1. The maximum atomic E-state index is 5.20. The van der Waals surface area contributed by atoms with Crippen molar-refractivity contribution in [2.24, 2.45) is 5.92 Å². The lowest BCUT2D eigenvalue weighted by molar-refractivity contribution is 0.302. The molecule has 3 rings (SSSR count). The van der Waals surface area contributed by atoms with Crippen molar-refractivity contribution in [3.63, 3.8) is 0 Å². The van der Waals surface area contributed by atoms with Crippen molar-refractivity contribution in [3.8, 4) is 5.88 Å². The summed E-state index contributed by atoms with van der Waals surface area (Å²) in [6.45, 7) is 4.61. The molecule has 2 aliphatic rings. The molecule has 2 bridgehead atoms. The zero-order valence-electron chi connectivity index (χ0n) is 10.4. The molecule has 0 radical (unpaired) electrons. The Bertz CT molecular complexity index is 455. The van der Waals surface area contributed by atoms with E-state index >= 15 is 0 Å². The van der Waals surface area contributed by atoms with Crippen LogP contribution in [0.5, 0.6) is 5.88 Å². The number of aromatic nitrogens is 1. The summed E-state index contributed by atoms with van der Waals surface area (Å²) in [6.07, 6.45) is 5.55. The van der Waals surface area contributed by atoms with Crippen LogP contribution in [0.4, 0.5) is 0 Å². The van der Waals surface area contributed by atoms with Crippen LogP contribution in [0.2, 0.25) is 0 Å². The number of likely N-dealkylation sites (tertiary alicyclic amines) is 1. The smallest absolute Gasteiger partial charge is 0.213 e. The number of hydrogen-bond donors (Lipinski definition) is 0. The predicted octanol–water partition coefficient (Wildman–Crippen LogP) is 2.20. The number of hydrogen-bond acceptors (Lipinski definition) is 3. The van der Waals surface area contributed by atoms with E-state index in [0.717, 1.165) is 12.5 Å². The summed E-state index contributed by atoms with van der Waals surface area (Å²) < 4.78 is 5.20. The second-order valence-corrected chi connectivity index (χ2v) is 4.81. The fourth-order valence-electron chi connectivity index (χ4n) is 3.09. The molecule has 2 heterocycles. The Labute approximate surface area is 102 Å². The molecule has 1 saturated heterocycles. The maximum Gasteiger partial charge on any atom is 0.213 e. The van der Waals surface area contributed by atoms with E-state index in [1.807, 2.05) is 12.3 Å². The van der Waals surface area contributed by atoms with E-state index in [9.17, 15) is 0 Å². The highest BCUT2D eigenvalue weighted by Crippen LogP contribution is 2.41. The zero-order valence-corrected chi connectivity index (χ0v) is 10.4. The van der Waals surface area contributed by atoms with E-state index in [0.29, 0.717) is 11.9 Å². The Balaban J connectivity index is 1.92. The van der Waals surface area contributed by atoms with E-state index in [4.69, 9.17) is 4.74 Å². The molecule has 3 nitrogen and oxygen atoms in total. The van der Waals surface area contributed by atoms with Crippen LogP contribution in [0.25, 0.3) is 5.57 Å². The third-order valence-corrected chi connectivity index (χ3v) is 3.89. The van der Waals surface area contributed by atoms with Gasteiger partial charge in [0.25, 0.3) is 0 Å². The van der Waals surface area contributed by atoms with E-state index in [2.05, 4.69) is 29.0 Å². The molecule has 1 aliphatic carbocycles. The minimum absolute atomic E-state index is 0.608. The summed E-state index contributed by atoms with van der Waals surface area (Å²) in [5, 5.41) is 0. The summed E-state index contributed by atoms with van der Waals surface area (Å²) in [7, 11) is 1.67. The molecule has 0 spiro atoms. The summed E-state index contributed by atoms with van der Waals surface area (Å²) in [4.78, 5) is 6.73. The van der Waals surface area contributed by atoms with Crippen LogP contribution >= 0.6 is 0 Å². The molecule has 0 amide bonds. The van der Waals surface area contributed by atoms with Gasteiger partial charge >= 0.3 is 0 Å². The van der Waals surface area contributed by atoms with Crippen molar-refractivity contribution in [2.45, 2.75) is 19.4 Å². The normalized spacial score (nSPS) is 27.3. The molecule has 3 heteroatoms. The highest BCUT2D eigenvalue weighted by atomic mass is 16.5. The van der Waals surface area contributed by atoms with Gasteiger partial charge in [-0.1, -0.05) is 13.0 Å². The quantitative estimate of drug-likeness (QED) is 0.796. The molecule has 1 aromatic rings. The Kier molecular flexibility index (Phi) is 2.63. The number of likely N-dealkylation sites (N-methyl/N-ethyl adjacent to an activating group) is 1. The molecular formula is C14H18N2O. The molecule has 0 aromatic carbocycles. The monoisotopic (exact) mass is 230 g/mol. The first-order chi connectivity index (χ1) is 8.31. The van der Waals surface area contributed by atoms with Gasteiger partial charge in [0.15, 0.2) is 0 Å². The van der Waals surface area contributed by atoms with Gasteiger partial charge < -0.3 is 4.74 Å². The number of methoxy groups -OCH3 is 1. The SMILES string of the molecule is CCN1CC2C=C(c3ccnc(OC)c3)C1C2. The Morgan fingerprint density at radius 3 is 3.12 bits per heavy atom. The summed E-state index contributed by atoms with van der Waals surface area (Å²) in [5.74, 6) is 1.45. The van der Waals surface area contributed by atoms with Gasteiger partial charge in [-0.05, 0) is 36.1 Å². The largest absolute Gasteiger partial charge is 0.481 e. The van der Waals surface area contributed by atoms with Crippen LogP contribution in [-0.4, -0.2) is 36.1 Å². The van der Waals surface area contributed by atoms with Gasteiger partial charge in [0.05, 0.1) is 7.11 Å². The van der Waals surface area contributed by atoms with Gasteiger partial charge in [-0.15, -0.1) is 0 Å². The average Bonchev–Trinajstić information content (AvgIpc) is 2.98. The highest BCUT2D eigenvalue weighted by molar-refractivity contribution is 5.73. The molecule has 1 aliphatic heterocycles. The van der Waals surface area contributed by atoms with Crippen LogP contribution in [0.15, 0.2) is 24.4 Å². The summed E-state index contributed by atoms with van der Waals surface area (Å²) in [6, 6.07) is 4.74. The average molecular weight is 230 g/mol. The predicted molar refractivity (Wildman–Crippen MR) is 67.9 cm³/mol. The van der Waals surface area contributed by atoms with E-state index < -0.39 is 0 Å². The second-order valence-electron chi connectivity index (χ2n) is 4.81. The molecular weight excluding hydrogens is 212 g/mol. The van der Waals surface area contributed by atoms with Gasteiger partial charge in [-0.3, -0.25) is 4.90 Å². The van der Waals surface area contributed by atoms with E-state index in [1.165, 1.54) is 24.1 Å². The number of pyridine rings is 1. The van der Waals surface area contributed by atoms with Gasteiger partial charge in [-0.25, -0.2) is 4.98 Å². The molecule has 2 atom stereocenters. The Morgan fingerprint density at radius 2 is 2.41 bits per heavy atom. The first-order valence-electron chi connectivity index (χ1n) is 6.28. The molecule has 90 valence electrons. The van der Waals surface area contributed by atoms with Crippen molar-refractivity contribution < 1.29 is 4.74 Å². The Morgan fingerprint density at radius 1 is 1.53 bits per heavy atom. The summed E-state index contributed by atoms with van der Waals surface area (Å²) in [5.41, 5.74) is 2.73. The van der Waals surface area contributed by atoms with Crippen LogP contribution in [0.3, 0.4) is 0 Å². The van der Waals surface area contributed by atoms with Gasteiger partial charge in [0, 0.05) is 24.8 Å². The van der Waals surface area contributed by atoms with Crippen molar-refractivity contribution >= 4 is 5.57 Å². The third-order valence-electron chi connectivity index (χ3n) is 3.89. The molecule has 1 aromatic heterocycles. The van der Waals surface area contributed by atoms with Crippen LogP contribution < -0.4 is 4.74 Å². The van der Waals surface area contributed by atoms with Crippen molar-refractivity contribution in [2.75, 3.05) is 20.2 Å². The number of nitrogens with zero attached hydrogens (tertiary/aromatic N) is 2. The standard InChI is InChI=1S/C14H18N2O/c1-3-16-9-10-6-12(13(16)7-10)11-4-5-15-14(8-11)17-2/h4-6,8,10,13H,3,7,9H2,1-2H3. The maximum absolute atomic E-state index is 5.20. The van der Waals surface area contributed by atoms with Crippen molar-refractivity contribution in [1.82, 2.24) is 9.88 Å². The van der Waals surface area contributed by atoms with Crippen molar-refractivity contribution in [3.05, 3.63) is 30.0 Å². The lowest BCUT2D eigenvalue weighted by Crippen LogP contribution is -2.31. The molecule has 17 heavy (non-hydrogen) atoms. The van der Waals surface area contributed by atoms with Gasteiger partial charge in [0.1, 0.15) is 0 Å². The first kappa shape index (κ1) is 10.8. The molecule has 2 unspecified atom stereocenters. The van der Waals surface area contributed by atoms with Crippen LogP contribution in [-0.2, 0) is 0 Å². The minimum atomic E-state index is 0.608.